The van der Waals surface area contributed by atoms with E-state index < -0.39 is 16.7 Å². The van der Waals surface area contributed by atoms with Crippen LogP contribution in [0.1, 0.15) is 17.0 Å². The van der Waals surface area contributed by atoms with Gasteiger partial charge in [0.2, 0.25) is 0 Å². The van der Waals surface area contributed by atoms with Crippen LogP contribution < -0.4 is 5.43 Å². The Morgan fingerprint density at radius 2 is 1.87 bits per heavy atom. The molecule has 7 heteroatoms. The van der Waals surface area contributed by atoms with Crippen LogP contribution in [-0.2, 0) is 4.79 Å². The number of benzene rings is 2. The van der Waals surface area contributed by atoms with E-state index in [9.17, 15) is 14.9 Å². The number of rotatable bonds is 5. The standard InChI is InChI=1S/C16H12N4O3/c17-10-15(13-4-2-1-3-5-13)16(21)19-18-11-12-6-8-14(9-7-12)20(22)23/h1-9,11,15H,(H,19,21)/b18-11-/t15-/m1/s1. The summed E-state index contributed by atoms with van der Waals surface area (Å²) in [5, 5.41) is 23.4. The molecular weight excluding hydrogens is 296 g/mol. The van der Waals surface area contributed by atoms with Crippen LogP contribution in [0.5, 0.6) is 0 Å². The van der Waals surface area contributed by atoms with Crippen LogP contribution in [0.3, 0.4) is 0 Å². The second-order valence-corrected chi connectivity index (χ2v) is 4.56. The highest BCUT2D eigenvalue weighted by Gasteiger charge is 2.19. The van der Waals surface area contributed by atoms with Gasteiger partial charge in [-0.1, -0.05) is 30.3 Å². The van der Waals surface area contributed by atoms with Gasteiger partial charge in [-0.15, -0.1) is 0 Å². The summed E-state index contributed by atoms with van der Waals surface area (Å²) >= 11 is 0. The zero-order valence-electron chi connectivity index (χ0n) is 11.9. The predicted octanol–water partition coefficient (Wildman–Crippen LogP) is 2.35. The summed E-state index contributed by atoms with van der Waals surface area (Å²) in [6.07, 6.45) is 1.35. The molecule has 0 bridgehead atoms. The lowest BCUT2D eigenvalue weighted by Crippen LogP contribution is -2.24. The Morgan fingerprint density at radius 1 is 1.22 bits per heavy atom. The average Bonchev–Trinajstić information content (AvgIpc) is 2.57. The van der Waals surface area contributed by atoms with E-state index in [2.05, 4.69) is 10.5 Å². The van der Waals surface area contributed by atoms with Crippen molar-refractivity contribution in [2.45, 2.75) is 5.92 Å². The van der Waals surface area contributed by atoms with Crippen LogP contribution in [-0.4, -0.2) is 17.0 Å². The summed E-state index contributed by atoms with van der Waals surface area (Å²) in [5.41, 5.74) is 3.43. The van der Waals surface area contributed by atoms with E-state index in [1.54, 1.807) is 30.3 Å². The van der Waals surface area contributed by atoms with E-state index >= 15 is 0 Å². The van der Waals surface area contributed by atoms with Gasteiger partial charge < -0.3 is 0 Å². The molecule has 0 unspecified atom stereocenters. The lowest BCUT2D eigenvalue weighted by Gasteiger charge is -2.06. The number of nitrogens with one attached hydrogen (secondary N) is 1. The lowest BCUT2D eigenvalue weighted by molar-refractivity contribution is -0.384. The molecule has 0 saturated heterocycles. The van der Waals surface area contributed by atoms with E-state index in [1.165, 1.54) is 30.5 Å². The molecular formula is C16H12N4O3. The van der Waals surface area contributed by atoms with Gasteiger partial charge >= 0.3 is 0 Å². The van der Waals surface area contributed by atoms with Gasteiger partial charge in [0.25, 0.3) is 11.6 Å². The number of non-ortho nitro benzene ring substituents is 1. The molecule has 1 N–H and O–H groups in total. The molecule has 0 aliphatic rings. The number of nitro benzene ring substituents is 1. The molecule has 1 amide bonds. The molecule has 1 atom stereocenters. The number of nitro groups is 1. The van der Waals surface area contributed by atoms with Crippen molar-refractivity contribution in [3.8, 4) is 6.07 Å². The van der Waals surface area contributed by atoms with Crippen molar-refractivity contribution >= 4 is 17.8 Å². The van der Waals surface area contributed by atoms with Crippen LogP contribution in [0.25, 0.3) is 0 Å². The topological polar surface area (TPSA) is 108 Å². The fourth-order valence-electron chi connectivity index (χ4n) is 1.85. The average molecular weight is 308 g/mol. The highest BCUT2D eigenvalue weighted by molar-refractivity contribution is 5.88. The maximum atomic E-state index is 12.0. The molecule has 0 radical (unpaired) electrons. The van der Waals surface area contributed by atoms with Crippen LogP contribution in [0.15, 0.2) is 59.7 Å². The van der Waals surface area contributed by atoms with E-state index in [0.717, 1.165) is 0 Å². The van der Waals surface area contributed by atoms with Gasteiger partial charge in [-0.05, 0) is 23.3 Å². The summed E-state index contributed by atoms with van der Waals surface area (Å²) in [7, 11) is 0. The molecule has 0 aromatic heterocycles. The van der Waals surface area contributed by atoms with E-state index in [4.69, 9.17) is 5.26 Å². The molecule has 2 rings (SSSR count). The Balaban J connectivity index is 2.00. The Morgan fingerprint density at radius 3 is 2.43 bits per heavy atom. The molecule has 0 spiro atoms. The number of nitriles is 1. The molecule has 2 aromatic rings. The largest absolute Gasteiger partial charge is 0.271 e. The minimum Gasteiger partial charge on any atom is -0.271 e. The third kappa shape index (κ3) is 4.22. The van der Waals surface area contributed by atoms with Crippen LogP contribution >= 0.6 is 0 Å². The minimum atomic E-state index is -0.954. The first-order chi connectivity index (χ1) is 11.1. The second kappa shape index (κ2) is 7.47. The summed E-state index contributed by atoms with van der Waals surface area (Å²) in [6.45, 7) is 0. The molecule has 0 saturated carbocycles. The summed E-state index contributed by atoms with van der Waals surface area (Å²) in [5.74, 6) is -1.50. The van der Waals surface area contributed by atoms with Crippen molar-refractivity contribution in [2.24, 2.45) is 5.10 Å². The van der Waals surface area contributed by atoms with Gasteiger partial charge in [-0.2, -0.15) is 10.4 Å². The highest BCUT2D eigenvalue weighted by Crippen LogP contribution is 2.14. The second-order valence-electron chi connectivity index (χ2n) is 4.56. The van der Waals surface area contributed by atoms with E-state index in [1.807, 2.05) is 6.07 Å². The Hall–Kier alpha value is -3.53. The van der Waals surface area contributed by atoms with Crippen molar-refractivity contribution in [1.82, 2.24) is 5.43 Å². The van der Waals surface area contributed by atoms with Crippen molar-refractivity contribution in [1.29, 1.82) is 5.26 Å². The zero-order chi connectivity index (χ0) is 16.7. The summed E-state index contributed by atoms with van der Waals surface area (Å²) < 4.78 is 0. The Kier molecular flexibility index (Phi) is 5.15. The first-order valence-electron chi connectivity index (χ1n) is 6.64. The van der Waals surface area contributed by atoms with E-state index in [0.29, 0.717) is 11.1 Å². The van der Waals surface area contributed by atoms with Gasteiger partial charge in [0.05, 0.1) is 17.2 Å². The summed E-state index contributed by atoms with van der Waals surface area (Å²) in [6, 6.07) is 16.3. The zero-order valence-corrected chi connectivity index (χ0v) is 11.9. The number of hydrogen-bond donors (Lipinski definition) is 1. The van der Waals surface area contributed by atoms with Crippen molar-refractivity contribution in [2.75, 3.05) is 0 Å². The van der Waals surface area contributed by atoms with Crippen molar-refractivity contribution < 1.29 is 9.72 Å². The van der Waals surface area contributed by atoms with Crippen LogP contribution in [0.4, 0.5) is 5.69 Å². The first-order valence-corrected chi connectivity index (χ1v) is 6.64. The number of nitrogens with zero attached hydrogens (tertiary/aromatic N) is 3. The van der Waals surface area contributed by atoms with Crippen LogP contribution in [0, 0.1) is 21.4 Å². The SMILES string of the molecule is N#C[C@@H](C(=O)N/N=C\c1ccc([N+](=O)[O-])cc1)c1ccccc1. The maximum Gasteiger partial charge on any atom is 0.269 e. The minimum absolute atomic E-state index is 0.0280. The van der Waals surface area contributed by atoms with Crippen molar-refractivity contribution in [3.63, 3.8) is 0 Å². The van der Waals surface area contributed by atoms with Gasteiger partial charge in [0, 0.05) is 12.1 Å². The number of carbonyl (C=O) groups is 1. The molecule has 0 aliphatic carbocycles. The van der Waals surface area contributed by atoms with Crippen molar-refractivity contribution in [3.05, 3.63) is 75.8 Å². The monoisotopic (exact) mass is 308 g/mol. The fourth-order valence-corrected chi connectivity index (χ4v) is 1.85. The Bertz CT molecular complexity index is 764. The van der Waals surface area contributed by atoms with Gasteiger partial charge in [0.1, 0.15) is 0 Å². The smallest absolute Gasteiger partial charge is 0.269 e. The quantitative estimate of drug-likeness (QED) is 0.519. The third-order valence-electron chi connectivity index (χ3n) is 3.02. The van der Waals surface area contributed by atoms with Gasteiger partial charge in [-0.3, -0.25) is 14.9 Å². The molecule has 7 nitrogen and oxygen atoms in total. The first kappa shape index (κ1) is 15.9. The molecule has 0 heterocycles. The van der Waals surface area contributed by atoms with Gasteiger partial charge in [0.15, 0.2) is 5.92 Å². The number of carbonyl (C=O) groups excluding carboxylic acids is 1. The van der Waals surface area contributed by atoms with Gasteiger partial charge in [-0.25, -0.2) is 5.43 Å². The molecule has 23 heavy (non-hydrogen) atoms. The predicted molar refractivity (Wildman–Crippen MR) is 83.6 cm³/mol. The highest BCUT2D eigenvalue weighted by atomic mass is 16.6. The number of hydrogen-bond acceptors (Lipinski definition) is 5. The number of hydrazone groups is 1. The molecule has 0 fully saturated rings. The van der Waals surface area contributed by atoms with E-state index in [-0.39, 0.29) is 5.69 Å². The molecule has 0 aliphatic heterocycles. The Labute approximate surface area is 132 Å². The normalized spacial score (nSPS) is 11.6. The molecule has 2 aromatic carbocycles. The summed E-state index contributed by atoms with van der Waals surface area (Å²) in [4.78, 5) is 22.0. The molecule has 114 valence electrons. The maximum absolute atomic E-state index is 12.0. The number of amides is 1. The van der Waals surface area contributed by atoms with Crippen LogP contribution in [0.2, 0.25) is 0 Å². The fraction of sp³-hybridized carbons (Fsp3) is 0.0625. The lowest BCUT2D eigenvalue weighted by atomic mass is 10.0. The third-order valence-corrected chi connectivity index (χ3v) is 3.02.